The Morgan fingerprint density at radius 3 is 2.22 bits per heavy atom. The van der Waals surface area contributed by atoms with Gasteiger partial charge in [-0.3, -0.25) is 0 Å². The summed E-state index contributed by atoms with van der Waals surface area (Å²) in [4.78, 5) is 11.8. The van der Waals surface area contributed by atoms with Gasteiger partial charge in [-0.15, -0.1) is 0 Å². The highest BCUT2D eigenvalue weighted by molar-refractivity contribution is 8.00. The Bertz CT molecular complexity index is 381. The van der Waals surface area contributed by atoms with Gasteiger partial charge in [0.05, 0.1) is 0 Å². The van der Waals surface area contributed by atoms with Crippen molar-refractivity contribution < 1.29 is 9.53 Å². The van der Waals surface area contributed by atoms with Gasteiger partial charge in [0, 0.05) is 23.4 Å². The second-order valence-electron chi connectivity index (χ2n) is 8.17. The van der Waals surface area contributed by atoms with Crippen LogP contribution in [0.25, 0.3) is 0 Å². The van der Waals surface area contributed by atoms with Gasteiger partial charge in [0.15, 0.2) is 0 Å². The maximum atomic E-state index is 11.8. The van der Waals surface area contributed by atoms with E-state index in [0.717, 1.165) is 32.2 Å². The van der Waals surface area contributed by atoms with Gasteiger partial charge in [0.25, 0.3) is 0 Å². The summed E-state index contributed by atoms with van der Waals surface area (Å²) in [6.07, 6.45) is 11.8. The van der Waals surface area contributed by atoms with E-state index in [1.807, 2.05) is 32.5 Å². The molecule has 2 rings (SSSR count). The Labute approximate surface area is 145 Å². The molecule has 0 atom stereocenters. The van der Waals surface area contributed by atoms with Crippen molar-refractivity contribution in [2.24, 2.45) is 0 Å². The molecule has 5 heteroatoms. The normalized spacial score (nSPS) is 27.7. The molecule has 0 aromatic rings. The van der Waals surface area contributed by atoms with E-state index in [-0.39, 0.29) is 12.1 Å². The van der Waals surface area contributed by atoms with Crippen LogP contribution >= 0.6 is 11.8 Å². The van der Waals surface area contributed by atoms with Crippen LogP contribution in [0, 0.1) is 0 Å². The summed E-state index contributed by atoms with van der Waals surface area (Å²) in [5.41, 5.74) is -0.420. The van der Waals surface area contributed by atoms with Gasteiger partial charge in [-0.2, -0.15) is 11.8 Å². The Balaban J connectivity index is 1.67. The summed E-state index contributed by atoms with van der Waals surface area (Å²) < 4.78 is 5.82. The van der Waals surface area contributed by atoms with E-state index in [9.17, 15) is 4.79 Å². The van der Waals surface area contributed by atoms with E-state index >= 15 is 0 Å². The molecule has 4 nitrogen and oxygen atoms in total. The number of rotatable bonds is 5. The molecule has 0 heterocycles. The average Bonchev–Trinajstić information content (AvgIpc) is 2.94. The van der Waals surface area contributed by atoms with Crippen LogP contribution in [0.3, 0.4) is 0 Å². The number of ether oxygens (including phenoxy) is 1. The first-order chi connectivity index (χ1) is 10.8. The molecule has 0 aliphatic heterocycles. The van der Waals surface area contributed by atoms with Crippen molar-refractivity contribution in [1.82, 2.24) is 10.6 Å². The monoisotopic (exact) mass is 342 g/mol. The molecule has 1 amide bonds. The number of amides is 1. The van der Waals surface area contributed by atoms with Crippen molar-refractivity contribution >= 4 is 17.9 Å². The highest BCUT2D eigenvalue weighted by Gasteiger charge is 2.34. The lowest BCUT2D eigenvalue weighted by Gasteiger charge is -2.34. The molecule has 0 unspecified atom stereocenters. The zero-order chi connectivity index (χ0) is 16.9. The molecule has 134 valence electrons. The summed E-state index contributed by atoms with van der Waals surface area (Å²) in [7, 11) is 0. The molecular weight excluding hydrogens is 308 g/mol. The van der Waals surface area contributed by atoms with Crippen molar-refractivity contribution in [3.05, 3.63) is 0 Å². The highest BCUT2D eigenvalue weighted by atomic mass is 32.2. The van der Waals surface area contributed by atoms with Crippen molar-refractivity contribution in [3.63, 3.8) is 0 Å². The molecule has 2 saturated carbocycles. The SMILES string of the molecule is CSC1(CNC2CCC(NC(=O)OC(C)(C)C)CC2)CCCC1. The second kappa shape index (κ2) is 8.11. The minimum Gasteiger partial charge on any atom is -0.444 e. The summed E-state index contributed by atoms with van der Waals surface area (Å²) >= 11 is 2.05. The van der Waals surface area contributed by atoms with Crippen LogP contribution in [0.4, 0.5) is 4.79 Å². The predicted octanol–water partition coefficient (Wildman–Crippen LogP) is 4.09. The summed E-state index contributed by atoms with van der Waals surface area (Å²) in [5.74, 6) is 0. The fourth-order valence-corrected chi connectivity index (χ4v) is 4.64. The van der Waals surface area contributed by atoms with Gasteiger partial charge in [0.1, 0.15) is 5.60 Å². The first-order valence-corrected chi connectivity index (χ1v) is 10.3. The smallest absolute Gasteiger partial charge is 0.407 e. The lowest BCUT2D eigenvalue weighted by molar-refractivity contribution is 0.0489. The van der Waals surface area contributed by atoms with E-state index in [1.165, 1.54) is 25.7 Å². The summed E-state index contributed by atoms with van der Waals surface area (Å²) in [6.45, 7) is 6.84. The molecule has 0 spiro atoms. The maximum absolute atomic E-state index is 11.8. The van der Waals surface area contributed by atoms with Crippen molar-refractivity contribution in [2.75, 3.05) is 12.8 Å². The largest absolute Gasteiger partial charge is 0.444 e. The predicted molar refractivity (Wildman–Crippen MR) is 98.1 cm³/mol. The Kier molecular flexibility index (Phi) is 6.66. The van der Waals surface area contributed by atoms with Crippen LogP contribution in [-0.2, 0) is 4.74 Å². The maximum Gasteiger partial charge on any atom is 0.407 e. The minimum absolute atomic E-state index is 0.267. The number of thioether (sulfide) groups is 1. The number of carbonyl (C=O) groups excluding carboxylic acids is 1. The number of carbonyl (C=O) groups is 1. The van der Waals surface area contributed by atoms with Crippen LogP contribution in [0.2, 0.25) is 0 Å². The lowest BCUT2D eigenvalue weighted by Crippen LogP contribution is -2.46. The van der Waals surface area contributed by atoms with E-state index in [1.54, 1.807) is 0 Å². The third-order valence-electron chi connectivity index (χ3n) is 5.11. The topological polar surface area (TPSA) is 50.4 Å². The molecule has 2 N–H and O–H groups in total. The van der Waals surface area contributed by atoms with Crippen LogP contribution in [0.5, 0.6) is 0 Å². The number of hydrogen-bond acceptors (Lipinski definition) is 4. The van der Waals surface area contributed by atoms with Gasteiger partial charge in [-0.05, 0) is 65.6 Å². The Morgan fingerprint density at radius 2 is 1.70 bits per heavy atom. The quantitative estimate of drug-likeness (QED) is 0.790. The molecule has 0 bridgehead atoms. The van der Waals surface area contributed by atoms with Gasteiger partial charge >= 0.3 is 6.09 Å². The standard InChI is InChI=1S/C18H34N2O2S/c1-17(2,3)22-16(21)20-15-9-7-14(8-10-15)19-13-18(23-4)11-5-6-12-18/h14-15,19H,5-13H2,1-4H3,(H,20,21). The Morgan fingerprint density at radius 1 is 1.13 bits per heavy atom. The molecule has 23 heavy (non-hydrogen) atoms. The zero-order valence-corrected chi connectivity index (χ0v) is 16.1. The van der Waals surface area contributed by atoms with Crippen LogP contribution in [0.1, 0.15) is 72.1 Å². The molecule has 2 aliphatic carbocycles. The fourth-order valence-electron chi connectivity index (χ4n) is 3.72. The minimum atomic E-state index is -0.420. The second-order valence-corrected chi connectivity index (χ2v) is 9.44. The number of alkyl carbamates (subject to hydrolysis) is 1. The third kappa shape index (κ3) is 6.18. The molecule has 0 saturated heterocycles. The zero-order valence-electron chi connectivity index (χ0n) is 15.2. The summed E-state index contributed by atoms with van der Waals surface area (Å²) in [6, 6.07) is 0.875. The van der Waals surface area contributed by atoms with Crippen molar-refractivity contribution in [2.45, 2.75) is 94.6 Å². The first kappa shape index (κ1) is 18.9. The highest BCUT2D eigenvalue weighted by Crippen LogP contribution is 2.39. The van der Waals surface area contributed by atoms with Gasteiger partial charge in [-0.25, -0.2) is 4.79 Å². The lowest BCUT2D eigenvalue weighted by atomic mass is 9.91. The fraction of sp³-hybridized carbons (Fsp3) is 0.944. The molecule has 0 aromatic carbocycles. The van der Waals surface area contributed by atoms with Crippen LogP contribution < -0.4 is 10.6 Å². The number of hydrogen-bond donors (Lipinski definition) is 2. The molecule has 0 radical (unpaired) electrons. The third-order valence-corrected chi connectivity index (χ3v) is 6.53. The van der Waals surface area contributed by atoms with Gasteiger partial charge in [-0.1, -0.05) is 12.8 Å². The number of nitrogens with one attached hydrogen (secondary N) is 2. The molecule has 0 aromatic heterocycles. The van der Waals surface area contributed by atoms with Crippen molar-refractivity contribution in [1.29, 1.82) is 0 Å². The van der Waals surface area contributed by atoms with E-state index in [0.29, 0.717) is 10.8 Å². The first-order valence-electron chi connectivity index (χ1n) is 9.10. The average molecular weight is 343 g/mol. The van der Waals surface area contributed by atoms with Gasteiger partial charge < -0.3 is 15.4 Å². The van der Waals surface area contributed by atoms with Gasteiger partial charge in [0.2, 0.25) is 0 Å². The molecular formula is C18H34N2O2S. The van der Waals surface area contributed by atoms with Crippen molar-refractivity contribution in [3.8, 4) is 0 Å². The van der Waals surface area contributed by atoms with E-state index in [4.69, 9.17) is 4.74 Å². The van der Waals surface area contributed by atoms with E-state index in [2.05, 4.69) is 16.9 Å². The molecule has 2 aliphatic rings. The molecule has 2 fully saturated rings. The van der Waals surface area contributed by atoms with E-state index < -0.39 is 5.60 Å². The summed E-state index contributed by atoms with van der Waals surface area (Å²) in [5, 5.41) is 6.82. The van der Waals surface area contributed by atoms with Crippen LogP contribution in [0.15, 0.2) is 0 Å². The Hall–Kier alpha value is -0.420. The van der Waals surface area contributed by atoms with Crippen LogP contribution in [-0.4, -0.2) is 41.3 Å².